The number of amides is 2. The topological polar surface area (TPSA) is 58.4 Å². The first-order valence-corrected chi connectivity index (χ1v) is 10.0. The van der Waals surface area contributed by atoms with Gasteiger partial charge >= 0.3 is 0 Å². The Morgan fingerprint density at radius 2 is 1.64 bits per heavy atom. The van der Waals surface area contributed by atoms with Gasteiger partial charge in [-0.15, -0.1) is 0 Å². The lowest BCUT2D eigenvalue weighted by molar-refractivity contribution is -0.130. The number of rotatable bonds is 4. The summed E-state index contributed by atoms with van der Waals surface area (Å²) in [6.45, 7) is 9.99. The van der Waals surface area contributed by atoms with Gasteiger partial charge < -0.3 is 9.80 Å². The number of aromatic nitrogens is 2. The molecule has 1 saturated heterocycles. The number of piperazine rings is 1. The molecule has 0 unspecified atom stereocenters. The molecule has 0 bridgehead atoms. The summed E-state index contributed by atoms with van der Waals surface area (Å²) >= 11 is 6.01. The molecule has 1 fully saturated rings. The molecule has 0 saturated carbocycles. The molecule has 0 radical (unpaired) electrons. The van der Waals surface area contributed by atoms with Crippen LogP contribution in [-0.4, -0.2) is 57.6 Å². The molecule has 1 aromatic heterocycles. The van der Waals surface area contributed by atoms with Gasteiger partial charge in [-0.05, 0) is 43.5 Å². The van der Waals surface area contributed by atoms with Gasteiger partial charge in [0.2, 0.25) is 5.91 Å². The van der Waals surface area contributed by atoms with Crippen molar-refractivity contribution in [3.63, 3.8) is 0 Å². The number of halogens is 1. The van der Waals surface area contributed by atoms with E-state index in [9.17, 15) is 9.59 Å². The van der Waals surface area contributed by atoms with E-state index in [1.807, 2.05) is 40.8 Å². The molecule has 0 aliphatic carbocycles. The standard InChI is InChI=1S/C21H27ClN4O2/c1-14(2)13-19-20(21(28)25-11-9-24(10-12-25)16(4)27)15(3)26(23-19)18-7-5-17(22)6-8-18/h5-8,14H,9-13H2,1-4H3. The van der Waals surface area contributed by atoms with Crippen LogP contribution in [-0.2, 0) is 11.2 Å². The SMILES string of the molecule is CC(=O)N1CCN(C(=O)c2c(CC(C)C)nn(-c3ccc(Cl)cc3)c2C)CC1. The summed E-state index contributed by atoms with van der Waals surface area (Å²) in [5.41, 5.74) is 3.21. The van der Waals surface area contributed by atoms with Crippen molar-refractivity contribution in [2.75, 3.05) is 26.2 Å². The molecule has 3 rings (SSSR count). The maximum absolute atomic E-state index is 13.3. The third kappa shape index (κ3) is 4.22. The summed E-state index contributed by atoms with van der Waals surface area (Å²) in [7, 11) is 0. The Morgan fingerprint density at radius 3 is 2.18 bits per heavy atom. The van der Waals surface area contributed by atoms with Gasteiger partial charge in [0.15, 0.2) is 0 Å². The summed E-state index contributed by atoms with van der Waals surface area (Å²) in [6.07, 6.45) is 0.732. The third-order valence-corrected chi connectivity index (χ3v) is 5.34. The van der Waals surface area contributed by atoms with Crippen molar-refractivity contribution in [2.45, 2.75) is 34.1 Å². The van der Waals surface area contributed by atoms with E-state index in [1.54, 1.807) is 11.8 Å². The van der Waals surface area contributed by atoms with Crippen LogP contribution in [0.15, 0.2) is 24.3 Å². The molecule has 1 aromatic carbocycles. The Balaban J connectivity index is 1.93. The second kappa shape index (κ2) is 8.35. The lowest BCUT2D eigenvalue weighted by Crippen LogP contribution is -2.50. The second-order valence-electron chi connectivity index (χ2n) is 7.69. The molecule has 0 spiro atoms. The Labute approximate surface area is 171 Å². The molecule has 2 aromatic rings. The van der Waals surface area contributed by atoms with E-state index in [4.69, 9.17) is 16.7 Å². The lowest BCUT2D eigenvalue weighted by Gasteiger charge is -2.34. The highest BCUT2D eigenvalue weighted by molar-refractivity contribution is 6.30. The Bertz CT molecular complexity index is 865. The minimum absolute atomic E-state index is 0.00318. The van der Waals surface area contributed by atoms with Crippen LogP contribution in [0.1, 0.15) is 42.5 Å². The zero-order valence-corrected chi connectivity index (χ0v) is 17.7. The van der Waals surface area contributed by atoms with Gasteiger partial charge in [0, 0.05) is 38.1 Å². The molecular weight excluding hydrogens is 376 g/mol. The van der Waals surface area contributed by atoms with Gasteiger partial charge in [0.1, 0.15) is 0 Å². The van der Waals surface area contributed by atoms with E-state index < -0.39 is 0 Å². The smallest absolute Gasteiger partial charge is 0.257 e. The van der Waals surface area contributed by atoms with Crippen LogP contribution in [0.25, 0.3) is 5.69 Å². The fraction of sp³-hybridized carbons (Fsp3) is 0.476. The van der Waals surface area contributed by atoms with Crippen molar-refractivity contribution in [3.05, 3.63) is 46.2 Å². The normalized spacial score (nSPS) is 14.6. The first-order chi connectivity index (χ1) is 13.3. The van der Waals surface area contributed by atoms with Crippen LogP contribution < -0.4 is 0 Å². The van der Waals surface area contributed by atoms with Crippen LogP contribution in [0, 0.1) is 12.8 Å². The fourth-order valence-corrected chi connectivity index (χ4v) is 3.71. The van der Waals surface area contributed by atoms with Gasteiger partial charge in [-0.3, -0.25) is 9.59 Å². The number of carbonyl (C=O) groups is 2. The molecule has 2 heterocycles. The van der Waals surface area contributed by atoms with Gasteiger partial charge in [-0.1, -0.05) is 25.4 Å². The fourth-order valence-electron chi connectivity index (χ4n) is 3.58. The first kappa shape index (κ1) is 20.4. The summed E-state index contributed by atoms with van der Waals surface area (Å²) in [5.74, 6) is 0.435. The summed E-state index contributed by atoms with van der Waals surface area (Å²) < 4.78 is 1.83. The highest BCUT2D eigenvalue weighted by Gasteiger charge is 2.29. The Kier molecular flexibility index (Phi) is 6.08. The van der Waals surface area contributed by atoms with Gasteiger partial charge in [-0.2, -0.15) is 5.10 Å². The van der Waals surface area contributed by atoms with Crippen LogP contribution in [0.2, 0.25) is 5.02 Å². The molecule has 1 aliphatic rings. The maximum atomic E-state index is 13.3. The van der Waals surface area contributed by atoms with Gasteiger partial charge in [-0.25, -0.2) is 4.68 Å². The zero-order valence-electron chi connectivity index (χ0n) is 16.9. The minimum atomic E-state index is -0.00318. The van der Waals surface area contributed by atoms with Crippen molar-refractivity contribution in [1.29, 1.82) is 0 Å². The molecule has 0 N–H and O–H groups in total. The molecule has 7 heteroatoms. The largest absolute Gasteiger partial charge is 0.339 e. The van der Waals surface area contributed by atoms with Crippen molar-refractivity contribution in [3.8, 4) is 5.69 Å². The monoisotopic (exact) mass is 402 g/mol. The number of carbonyl (C=O) groups excluding carboxylic acids is 2. The number of hydrogen-bond acceptors (Lipinski definition) is 3. The summed E-state index contributed by atoms with van der Waals surface area (Å²) in [4.78, 5) is 28.5. The summed E-state index contributed by atoms with van der Waals surface area (Å²) in [5, 5.41) is 5.43. The van der Waals surface area contributed by atoms with E-state index in [2.05, 4.69) is 13.8 Å². The van der Waals surface area contributed by atoms with E-state index in [-0.39, 0.29) is 11.8 Å². The third-order valence-electron chi connectivity index (χ3n) is 5.09. The molecule has 2 amide bonds. The van der Waals surface area contributed by atoms with E-state index in [0.29, 0.717) is 42.7 Å². The van der Waals surface area contributed by atoms with Crippen molar-refractivity contribution in [1.82, 2.24) is 19.6 Å². The quantitative estimate of drug-likeness (QED) is 0.788. The maximum Gasteiger partial charge on any atom is 0.257 e. The molecule has 0 atom stereocenters. The highest BCUT2D eigenvalue weighted by atomic mass is 35.5. The Morgan fingerprint density at radius 1 is 1.07 bits per heavy atom. The lowest BCUT2D eigenvalue weighted by atomic mass is 10.0. The zero-order chi connectivity index (χ0) is 20.4. The number of benzene rings is 1. The number of hydrogen-bond donors (Lipinski definition) is 0. The predicted octanol–water partition coefficient (Wildman–Crippen LogP) is 3.34. The van der Waals surface area contributed by atoms with Crippen LogP contribution in [0.5, 0.6) is 0 Å². The van der Waals surface area contributed by atoms with Gasteiger partial charge in [0.05, 0.1) is 22.6 Å². The number of nitrogens with zero attached hydrogens (tertiary/aromatic N) is 4. The Hall–Kier alpha value is -2.34. The van der Waals surface area contributed by atoms with Crippen LogP contribution in [0.4, 0.5) is 0 Å². The molecular formula is C21H27ClN4O2. The average molecular weight is 403 g/mol. The van der Waals surface area contributed by atoms with Crippen molar-refractivity contribution < 1.29 is 9.59 Å². The first-order valence-electron chi connectivity index (χ1n) is 9.67. The van der Waals surface area contributed by atoms with Gasteiger partial charge in [0.25, 0.3) is 5.91 Å². The molecule has 6 nitrogen and oxygen atoms in total. The van der Waals surface area contributed by atoms with Crippen molar-refractivity contribution in [2.24, 2.45) is 5.92 Å². The molecule has 1 aliphatic heterocycles. The summed E-state index contributed by atoms with van der Waals surface area (Å²) in [6, 6.07) is 7.45. The van der Waals surface area contributed by atoms with Crippen LogP contribution >= 0.6 is 11.6 Å². The molecule has 150 valence electrons. The predicted molar refractivity (Wildman–Crippen MR) is 110 cm³/mol. The van der Waals surface area contributed by atoms with Crippen molar-refractivity contribution >= 4 is 23.4 Å². The van der Waals surface area contributed by atoms with Crippen LogP contribution in [0.3, 0.4) is 0 Å². The minimum Gasteiger partial charge on any atom is -0.339 e. The highest BCUT2D eigenvalue weighted by Crippen LogP contribution is 2.24. The average Bonchev–Trinajstić information content (AvgIpc) is 2.97. The van der Waals surface area contributed by atoms with E-state index in [0.717, 1.165) is 23.5 Å². The second-order valence-corrected chi connectivity index (χ2v) is 8.13. The molecule has 28 heavy (non-hydrogen) atoms. The van der Waals surface area contributed by atoms with E-state index >= 15 is 0 Å². The van der Waals surface area contributed by atoms with E-state index in [1.165, 1.54) is 0 Å².